The van der Waals surface area contributed by atoms with E-state index in [2.05, 4.69) is 6.07 Å². The van der Waals surface area contributed by atoms with Gasteiger partial charge in [-0.2, -0.15) is 0 Å². The predicted octanol–water partition coefficient (Wildman–Crippen LogP) is 6.37. The zero-order valence-electron chi connectivity index (χ0n) is 20.7. The number of hydrogen-bond donors (Lipinski definition) is 0. The quantitative estimate of drug-likeness (QED) is 0.187. The van der Waals surface area contributed by atoms with Crippen molar-refractivity contribution in [2.24, 2.45) is 0 Å². The van der Waals surface area contributed by atoms with Crippen molar-refractivity contribution in [2.45, 2.75) is 23.2 Å². The second-order valence-corrected chi connectivity index (χ2v) is 11.0. The molecule has 0 atom stereocenters. The van der Waals surface area contributed by atoms with Crippen LogP contribution in [-0.2, 0) is 17.1 Å². The average Bonchev–Trinajstić information content (AvgIpc) is 3.28. The van der Waals surface area contributed by atoms with Gasteiger partial charge >= 0.3 is 238 Å². The molecule has 38 heavy (non-hydrogen) atoms. The Morgan fingerprint density at radius 3 is 2.18 bits per heavy atom. The van der Waals surface area contributed by atoms with Crippen molar-refractivity contribution in [1.82, 2.24) is 9.88 Å². The van der Waals surface area contributed by atoms with Crippen LogP contribution >= 0.6 is 0 Å². The number of fused-ring (bicyclic) bond motifs is 2. The molecule has 0 saturated carbocycles. The zero-order chi connectivity index (χ0) is 26.1. The SMILES string of the molecule is O=C1c2c(c([CH2][Tl])c3cccnc3c2OC(c2ccccc2)c2ccccc2)CN1Cc1ccc(F)cc1. The molecule has 1 amide bonds. The molecule has 1 aliphatic heterocycles. The summed E-state index contributed by atoms with van der Waals surface area (Å²) in [6, 6.07) is 30.5. The fourth-order valence-corrected chi connectivity index (χ4v) is 7.02. The van der Waals surface area contributed by atoms with E-state index < -0.39 is 6.10 Å². The fraction of sp³-hybridized carbons (Fsp3) is 0.125. The van der Waals surface area contributed by atoms with Gasteiger partial charge in [0, 0.05) is 0 Å². The third-order valence-electron chi connectivity index (χ3n) is 7.02. The number of nitrogens with zero attached hydrogens (tertiary/aromatic N) is 2. The summed E-state index contributed by atoms with van der Waals surface area (Å²) in [6.45, 7) is 0.900. The Kier molecular flexibility index (Phi) is 6.93. The van der Waals surface area contributed by atoms with Crippen LogP contribution in [0.2, 0.25) is 0 Å². The van der Waals surface area contributed by atoms with Gasteiger partial charge in [-0.05, 0) is 0 Å². The van der Waals surface area contributed by atoms with Gasteiger partial charge in [0.25, 0.3) is 0 Å². The summed E-state index contributed by atoms with van der Waals surface area (Å²) in [6.07, 6.45) is 1.35. The number of rotatable bonds is 7. The van der Waals surface area contributed by atoms with Crippen molar-refractivity contribution >= 4 is 42.6 Å². The summed E-state index contributed by atoms with van der Waals surface area (Å²) in [5.74, 6) is 0.165. The maximum absolute atomic E-state index is 14.0. The first-order chi connectivity index (χ1) is 18.6. The Bertz CT molecular complexity index is 1570. The van der Waals surface area contributed by atoms with Gasteiger partial charge in [-0.3, -0.25) is 0 Å². The Morgan fingerprint density at radius 1 is 0.895 bits per heavy atom. The van der Waals surface area contributed by atoms with Gasteiger partial charge in [-0.25, -0.2) is 0 Å². The molecule has 0 N–H and O–H groups in total. The van der Waals surface area contributed by atoms with Gasteiger partial charge in [0.15, 0.2) is 0 Å². The molecule has 2 heterocycles. The topological polar surface area (TPSA) is 42.4 Å². The number of amides is 1. The van der Waals surface area contributed by atoms with Gasteiger partial charge in [0.2, 0.25) is 0 Å². The third kappa shape index (κ3) is 4.60. The standard InChI is InChI=1S/C32H24FN2O2.Tl/c1-21-26-13-8-18-34-29(26)31(37-30(23-9-4-2-5-10-23)24-11-6-3-7-12-24)28-27(21)20-35(32(28)36)19-22-14-16-25(33)17-15-22;/h2-18,30H,1,19-20H2;. The van der Waals surface area contributed by atoms with E-state index in [1.165, 1.54) is 17.7 Å². The third-order valence-corrected chi connectivity index (χ3v) is 8.61. The molecule has 0 aliphatic carbocycles. The predicted molar refractivity (Wildman–Crippen MR) is 147 cm³/mol. The molecule has 184 valence electrons. The van der Waals surface area contributed by atoms with Crippen LogP contribution in [0.25, 0.3) is 10.9 Å². The van der Waals surface area contributed by atoms with Crippen molar-refractivity contribution < 1.29 is 13.9 Å². The normalized spacial score (nSPS) is 12.8. The Labute approximate surface area is 236 Å². The number of carbonyl (C=O) groups excluding carboxylic acids is 1. The van der Waals surface area contributed by atoms with Crippen LogP contribution < -0.4 is 4.74 Å². The zero-order valence-corrected chi connectivity index (χ0v) is 25.2. The minimum atomic E-state index is -0.408. The molecule has 0 bridgehead atoms. The summed E-state index contributed by atoms with van der Waals surface area (Å²) >= 11 is 0.724. The van der Waals surface area contributed by atoms with Crippen LogP contribution in [0.15, 0.2) is 103 Å². The minimum absolute atomic E-state index is 0.0774. The van der Waals surface area contributed by atoms with E-state index in [1.54, 1.807) is 18.3 Å². The number of halogens is 1. The van der Waals surface area contributed by atoms with Gasteiger partial charge in [-0.1, -0.05) is 0 Å². The van der Waals surface area contributed by atoms with E-state index in [0.717, 1.165) is 62.9 Å². The molecular weight excluding hydrogens is 668 g/mol. The first-order valence-corrected chi connectivity index (χ1v) is 15.7. The van der Waals surface area contributed by atoms with Gasteiger partial charge in [-0.15, -0.1) is 0 Å². The molecule has 0 fully saturated rings. The first-order valence-electron chi connectivity index (χ1n) is 12.6. The number of benzene rings is 4. The summed E-state index contributed by atoms with van der Waals surface area (Å²) in [5.41, 5.74) is 6.42. The number of pyridine rings is 1. The molecule has 6 heteroatoms. The van der Waals surface area contributed by atoms with Crippen LogP contribution in [0.4, 0.5) is 4.39 Å². The van der Waals surface area contributed by atoms with E-state index in [4.69, 9.17) is 9.72 Å². The van der Waals surface area contributed by atoms with Crippen LogP contribution in [0.5, 0.6) is 5.75 Å². The Hall–Kier alpha value is -3.59. The van der Waals surface area contributed by atoms with Crippen LogP contribution in [0.3, 0.4) is 0 Å². The van der Waals surface area contributed by atoms with Crippen molar-refractivity contribution in [3.05, 3.63) is 142 Å². The molecule has 6 rings (SSSR count). The van der Waals surface area contributed by atoms with E-state index in [9.17, 15) is 9.18 Å². The average molecular weight is 692 g/mol. The van der Waals surface area contributed by atoms with Gasteiger partial charge < -0.3 is 0 Å². The molecule has 0 unspecified atom stereocenters. The first kappa shape index (κ1) is 24.7. The molecule has 0 radical (unpaired) electrons. The molecule has 0 spiro atoms. The maximum atomic E-state index is 14.0. The molecule has 1 aliphatic rings. The molecule has 5 aromatic rings. The number of aromatic nitrogens is 1. The summed E-state index contributed by atoms with van der Waals surface area (Å²) in [5, 5.41) is 1.04. The van der Waals surface area contributed by atoms with E-state index in [-0.39, 0.29) is 11.7 Å². The fourth-order valence-electron chi connectivity index (χ4n) is 5.21. The van der Waals surface area contributed by atoms with E-state index in [0.29, 0.717) is 24.4 Å². The summed E-state index contributed by atoms with van der Waals surface area (Å²) < 4.78 is 21.3. The second-order valence-electron chi connectivity index (χ2n) is 9.37. The molecular formula is C32H24FN2O2Tl. The van der Waals surface area contributed by atoms with Crippen molar-refractivity contribution in [3.63, 3.8) is 0 Å². The number of hydrogen-bond acceptors (Lipinski definition) is 3. The van der Waals surface area contributed by atoms with Crippen molar-refractivity contribution in [2.75, 3.05) is 0 Å². The molecule has 4 aromatic carbocycles. The Balaban J connectivity index is 1.50. The Morgan fingerprint density at radius 2 is 1.55 bits per heavy atom. The van der Waals surface area contributed by atoms with Crippen LogP contribution in [0, 0.1) is 5.82 Å². The van der Waals surface area contributed by atoms with Crippen molar-refractivity contribution in [1.29, 1.82) is 0 Å². The molecule has 4 nitrogen and oxygen atoms in total. The summed E-state index contributed by atoms with van der Waals surface area (Å²) in [4.78, 5) is 20.6. The van der Waals surface area contributed by atoms with Crippen LogP contribution in [-0.4, -0.2) is 41.6 Å². The second kappa shape index (κ2) is 10.6. The number of ether oxygens (including phenoxy) is 1. The monoisotopic (exact) mass is 692 g/mol. The van der Waals surface area contributed by atoms with Crippen LogP contribution in [0.1, 0.15) is 44.3 Å². The number of carbonyl (C=O) groups is 1. The van der Waals surface area contributed by atoms with E-state index >= 15 is 0 Å². The van der Waals surface area contributed by atoms with E-state index in [1.807, 2.05) is 71.6 Å². The van der Waals surface area contributed by atoms with Gasteiger partial charge in [0.05, 0.1) is 0 Å². The van der Waals surface area contributed by atoms with Gasteiger partial charge in [0.1, 0.15) is 0 Å². The summed E-state index contributed by atoms with van der Waals surface area (Å²) in [7, 11) is 0. The molecule has 0 saturated heterocycles. The molecule has 1 aromatic heterocycles. The van der Waals surface area contributed by atoms with Crippen molar-refractivity contribution in [3.8, 4) is 5.75 Å².